The molecular weight excluding hydrogens is 963 g/mol. The van der Waals surface area contributed by atoms with Crippen LogP contribution in [0.3, 0.4) is 0 Å². The molecule has 0 aliphatic carbocycles. The summed E-state index contributed by atoms with van der Waals surface area (Å²) in [5.41, 5.74) is 27.7. The molecule has 3 rings (SSSR count). The Morgan fingerprint density at radius 1 is 0.667 bits per heavy atom. The van der Waals surface area contributed by atoms with E-state index < -0.39 is 130 Å². The largest absolute Gasteiger partial charge is 0.370 e. The first-order valence-electron chi connectivity index (χ1n) is 19.8. The lowest BCUT2D eigenvalue weighted by Gasteiger charge is -2.29. The lowest BCUT2D eigenvalue weighted by atomic mass is 10.1. The number of aliphatic hydroxyl groups is 1. The van der Waals surface area contributed by atoms with Gasteiger partial charge in [-0.15, -0.1) is 4.99 Å². The molecular formula is C36H47N23O13. The molecule has 6 amide bonds. The molecule has 72 heavy (non-hydrogen) atoms. The van der Waals surface area contributed by atoms with E-state index in [0.717, 1.165) is 0 Å². The van der Waals surface area contributed by atoms with Crippen LogP contribution in [0.1, 0.15) is 17.2 Å². The summed E-state index contributed by atoms with van der Waals surface area (Å²) >= 11 is 0. The first-order chi connectivity index (χ1) is 33.9. The highest BCUT2D eigenvalue weighted by Gasteiger charge is 2.37. The third-order valence-corrected chi connectivity index (χ3v) is 8.83. The second-order valence-electron chi connectivity index (χ2n) is 14.0. The number of pyridine rings is 1. The van der Waals surface area contributed by atoms with Crippen LogP contribution in [0.5, 0.6) is 0 Å². The number of benzene rings is 2. The highest BCUT2D eigenvalue weighted by atomic mass is 17.2. The molecule has 0 fully saturated rings. The standard InChI is InChI=1S/C36H47N23O13/c37-21(60)22(52-33(38)39)48-28(62)24(54-35(42)43)50-30(64)25(55-36(44)45)51-29(63)23(53-34(40)41)49-27(61)20(16-6-2-1-3-7-16)47-31(65)32(66)57(12-4-5-15-8-10-17(11-9-15)56-72-71)26-19(59(69)70)13-18(14-46-26)58(67)68/h1-11,13-14,20,22-25,32,56,66,71H,12H2,(H2,37,60)(H,47,65)(H,48,62)(H,49,61)(H,50,64)(H,51,63)(H4,38,39,52)(H4,40,41,53)(H4,42,43,54)(H4,44,45,55)/b5-4-. The van der Waals surface area contributed by atoms with E-state index in [0.29, 0.717) is 28.4 Å². The number of primary amides is 1. The summed E-state index contributed by atoms with van der Waals surface area (Å²) in [5.74, 6) is -12.7. The Morgan fingerprint density at radius 2 is 1.14 bits per heavy atom. The van der Waals surface area contributed by atoms with Crippen LogP contribution in [0, 0.1) is 41.9 Å². The van der Waals surface area contributed by atoms with Gasteiger partial charge < -0.3 is 86.5 Å². The van der Waals surface area contributed by atoms with E-state index in [-0.39, 0.29) is 5.56 Å². The molecule has 0 bridgehead atoms. The van der Waals surface area contributed by atoms with E-state index in [1.807, 2.05) is 31.9 Å². The van der Waals surface area contributed by atoms with E-state index >= 15 is 0 Å². The smallest absolute Gasteiger partial charge is 0.318 e. The first kappa shape index (κ1) is 55.8. The SMILES string of the molecule is N=C(N)NC(NC(=O)C(NC(=N)N)NC(=O)C(NC(=N)N)NC(=O)C(NC(=N)N)NC(=O)C(NC(=O)C(O)N(C/C=C\c1ccc(NOO)cc1)c1ncc([N+](=O)[O-])cc1[N+](=O)[O-])c1ccccc1)C(N)=O. The van der Waals surface area contributed by atoms with Gasteiger partial charge in [0.05, 0.1) is 21.6 Å². The van der Waals surface area contributed by atoms with Crippen LogP contribution in [0.4, 0.5) is 22.9 Å². The second kappa shape index (κ2) is 26.2. The van der Waals surface area contributed by atoms with Gasteiger partial charge in [0.1, 0.15) is 12.2 Å². The fourth-order valence-electron chi connectivity index (χ4n) is 5.72. The number of carbonyl (C=O) groups excluding carboxylic acids is 6. The summed E-state index contributed by atoms with van der Waals surface area (Å²) in [6.07, 6.45) is -7.40. The Morgan fingerprint density at radius 3 is 1.58 bits per heavy atom. The molecule has 384 valence electrons. The van der Waals surface area contributed by atoms with Crippen molar-refractivity contribution in [2.24, 2.45) is 28.7 Å². The minimum Gasteiger partial charge on any atom is -0.370 e. The molecule has 0 spiro atoms. The molecule has 36 nitrogen and oxygen atoms in total. The summed E-state index contributed by atoms with van der Waals surface area (Å²) in [7, 11) is 0. The van der Waals surface area contributed by atoms with Gasteiger partial charge in [-0.2, -0.15) is 0 Å². The topological polar surface area (TPSA) is 600 Å². The summed E-state index contributed by atoms with van der Waals surface area (Å²) in [6, 6.07) is 11.6. The number of guanidine groups is 4. The number of hydrogen-bond acceptors (Lipinski definition) is 20. The summed E-state index contributed by atoms with van der Waals surface area (Å²) < 4.78 is 0. The Labute approximate surface area is 403 Å². The third-order valence-electron chi connectivity index (χ3n) is 8.83. The Kier molecular flexibility index (Phi) is 20.3. The van der Waals surface area contributed by atoms with Gasteiger partial charge in [-0.3, -0.25) is 70.6 Å². The Hall–Kier alpha value is -10.5. The van der Waals surface area contributed by atoms with Crippen LogP contribution in [-0.2, 0) is 33.8 Å². The number of nitrogens with two attached hydrogens (primary N) is 5. The maximum absolute atomic E-state index is 14.2. The maximum atomic E-state index is 14.2. The maximum Gasteiger partial charge on any atom is 0.318 e. The van der Waals surface area contributed by atoms with Crippen molar-refractivity contribution in [1.82, 2.24) is 52.8 Å². The van der Waals surface area contributed by atoms with Crippen molar-refractivity contribution in [2.75, 3.05) is 16.9 Å². The molecule has 0 aliphatic rings. The normalized spacial score (nSPS) is 13.1. The molecule has 1 heterocycles. The molecule has 0 saturated carbocycles. The zero-order valence-electron chi connectivity index (χ0n) is 36.7. The predicted molar refractivity (Wildman–Crippen MR) is 248 cm³/mol. The highest BCUT2D eigenvalue weighted by molar-refractivity contribution is 5.99. The van der Waals surface area contributed by atoms with Gasteiger partial charge >= 0.3 is 5.69 Å². The number of aliphatic hydroxyl groups excluding tert-OH is 1. The minimum atomic E-state index is -2.49. The van der Waals surface area contributed by atoms with Crippen molar-refractivity contribution in [3.05, 3.63) is 104 Å². The molecule has 6 atom stereocenters. The van der Waals surface area contributed by atoms with Crippen LogP contribution >= 0.6 is 0 Å². The van der Waals surface area contributed by atoms with Gasteiger partial charge in [0.15, 0.2) is 48.5 Å². The Bertz CT molecular complexity index is 2590. The zero-order valence-corrected chi connectivity index (χ0v) is 36.7. The molecule has 26 N–H and O–H groups in total. The number of nitrogens with one attached hydrogen (secondary N) is 14. The van der Waals surface area contributed by atoms with Crippen LogP contribution in [0.25, 0.3) is 6.08 Å². The first-order valence-corrected chi connectivity index (χ1v) is 19.8. The molecule has 36 heteroatoms. The van der Waals surface area contributed by atoms with Gasteiger partial charge in [-0.25, -0.2) is 15.7 Å². The third kappa shape index (κ3) is 17.0. The zero-order chi connectivity index (χ0) is 53.8. The number of anilines is 2. The van der Waals surface area contributed by atoms with Crippen molar-refractivity contribution in [2.45, 2.75) is 36.9 Å². The van der Waals surface area contributed by atoms with E-state index in [2.05, 4.69) is 31.4 Å². The highest BCUT2D eigenvalue weighted by Crippen LogP contribution is 2.31. The number of amides is 6. The molecule has 0 aliphatic heterocycles. The van der Waals surface area contributed by atoms with E-state index in [1.165, 1.54) is 66.7 Å². The number of rotatable bonds is 25. The van der Waals surface area contributed by atoms with Gasteiger partial charge in [-0.1, -0.05) is 54.6 Å². The molecule has 0 saturated heterocycles. The number of nitro groups is 2. The van der Waals surface area contributed by atoms with Gasteiger partial charge in [0.2, 0.25) is 18.0 Å². The van der Waals surface area contributed by atoms with Crippen molar-refractivity contribution >= 4 is 88.2 Å². The van der Waals surface area contributed by atoms with Crippen LogP contribution in [0.2, 0.25) is 0 Å². The molecule has 2 aromatic carbocycles. The van der Waals surface area contributed by atoms with Crippen molar-refractivity contribution < 1.29 is 54.0 Å². The summed E-state index contributed by atoms with van der Waals surface area (Å²) in [6.45, 7) is -0.572. The monoisotopic (exact) mass is 1010 g/mol. The number of carbonyl (C=O) groups is 6. The summed E-state index contributed by atoms with van der Waals surface area (Å²) in [5, 5.41) is 92.8. The van der Waals surface area contributed by atoms with Crippen LogP contribution < -0.4 is 86.9 Å². The lowest BCUT2D eigenvalue weighted by Crippen LogP contribution is -2.68. The van der Waals surface area contributed by atoms with Crippen LogP contribution in [0.15, 0.2) is 72.9 Å². The van der Waals surface area contributed by atoms with Crippen molar-refractivity contribution in [1.29, 1.82) is 21.6 Å². The average molecular weight is 1010 g/mol. The lowest BCUT2D eigenvalue weighted by molar-refractivity contribution is -0.394. The molecule has 6 unspecified atom stereocenters. The quantitative estimate of drug-likeness (QED) is 0.00937. The average Bonchev–Trinajstić information content (AvgIpc) is 3.30. The van der Waals surface area contributed by atoms with Crippen molar-refractivity contribution in [3.63, 3.8) is 0 Å². The fraction of sp³-hybridized carbons (Fsp3) is 0.194. The minimum absolute atomic E-state index is 0.0391. The van der Waals surface area contributed by atoms with E-state index in [1.54, 1.807) is 0 Å². The van der Waals surface area contributed by atoms with E-state index in [9.17, 15) is 54.1 Å². The number of aromatic nitrogens is 1. The van der Waals surface area contributed by atoms with Gasteiger partial charge in [0, 0.05) is 6.54 Å². The fourth-order valence-corrected chi connectivity index (χ4v) is 5.72. The molecule has 0 radical (unpaired) electrons. The van der Waals surface area contributed by atoms with Gasteiger partial charge in [0.25, 0.3) is 35.2 Å². The Balaban J connectivity index is 1.99. The second-order valence-corrected chi connectivity index (χ2v) is 14.0. The predicted octanol–water partition coefficient (Wildman–Crippen LogP) is -6.40. The summed E-state index contributed by atoms with van der Waals surface area (Å²) in [4.78, 5) is 110. The van der Waals surface area contributed by atoms with Crippen molar-refractivity contribution in [3.8, 4) is 0 Å². The van der Waals surface area contributed by atoms with E-state index in [4.69, 9.17) is 55.6 Å². The number of nitrogens with zero attached hydrogens (tertiary/aromatic N) is 4. The van der Waals surface area contributed by atoms with Crippen LogP contribution in [-0.4, -0.2) is 122 Å². The molecule has 3 aromatic rings. The number of hydrogen-bond donors (Lipinski definition) is 21. The molecule has 1 aromatic heterocycles. The van der Waals surface area contributed by atoms with Gasteiger partial charge in [-0.05, 0) is 23.3 Å².